The van der Waals surface area contributed by atoms with Crippen LogP contribution in [-0.4, -0.2) is 38.4 Å². The number of quaternary nitrogens is 1. The summed E-state index contributed by atoms with van der Waals surface area (Å²) in [5.41, 5.74) is 0.928. The standard InChI is InChI=1S/C9H17NO.C7H8O3S/c1-2-3-6-10-7-4-5-9(11)8-10;1-6-2-4-7(5-3-6)11(8,9)10/h2-8H2,1H3;2-5H,1H3,(H,8,9,10). The van der Waals surface area contributed by atoms with Gasteiger partial charge in [-0.1, -0.05) is 31.0 Å². The zero-order valence-corrected chi connectivity index (χ0v) is 14.1. The smallest absolute Gasteiger partial charge is 0.187 e. The largest absolute Gasteiger partial charge is 0.744 e. The third kappa shape index (κ3) is 7.15. The summed E-state index contributed by atoms with van der Waals surface area (Å²) in [6, 6.07) is 5.78. The zero-order valence-electron chi connectivity index (χ0n) is 13.3. The van der Waals surface area contributed by atoms with Crippen molar-refractivity contribution >= 4 is 15.9 Å². The molecule has 1 atom stereocenters. The van der Waals surface area contributed by atoms with Crippen LogP contribution in [0.1, 0.15) is 38.2 Å². The lowest BCUT2D eigenvalue weighted by Crippen LogP contribution is -3.13. The van der Waals surface area contributed by atoms with Crippen LogP contribution in [0, 0.1) is 6.92 Å². The van der Waals surface area contributed by atoms with Crippen molar-refractivity contribution in [1.29, 1.82) is 0 Å². The minimum Gasteiger partial charge on any atom is -0.744 e. The highest BCUT2D eigenvalue weighted by molar-refractivity contribution is 7.85. The molecule has 5 nitrogen and oxygen atoms in total. The van der Waals surface area contributed by atoms with E-state index in [1.807, 2.05) is 6.92 Å². The maximum absolute atomic E-state index is 11.0. The minimum atomic E-state index is -4.27. The fourth-order valence-electron chi connectivity index (χ4n) is 2.34. The molecule has 0 radical (unpaired) electrons. The zero-order chi connectivity index (χ0) is 16.6. The van der Waals surface area contributed by atoms with Gasteiger partial charge in [0.2, 0.25) is 0 Å². The first-order valence-electron chi connectivity index (χ1n) is 7.70. The van der Waals surface area contributed by atoms with Gasteiger partial charge in [-0.3, -0.25) is 4.79 Å². The highest BCUT2D eigenvalue weighted by Gasteiger charge is 2.18. The number of likely N-dealkylation sites (tertiary alicyclic amines) is 1. The molecule has 6 heteroatoms. The molecule has 0 amide bonds. The molecule has 0 aliphatic carbocycles. The van der Waals surface area contributed by atoms with Crippen molar-refractivity contribution in [1.82, 2.24) is 0 Å². The molecule has 1 N–H and O–H groups in total. The van der Waals surface area contributed by atoms with Gasteiger partial charge in [0.1, 0.15) is 16.7 Å². The Labute approximate surface area is 133 Å². The molecule has 1 aliphatic rings. The first-order valence-corrected chi connectivity index (χ1v) is 9.11. The molecular formula is C16H25NO4S. The van der Waals surface area contributed by atoms with Crippen LogP contribution in [0.15, 0.2) is 29.2 Å². The summed E-state index contributed by atoms with van der Waals surface area (Å²) in [6.45, 7) is 7.22. The summed E-state index contributed by atoms with van der Waals surface area (Å²) in [5.74, 6) is 0.461. The van der Waals surface area contributed by atoms with Crippen LogP contribution in [0.2, 0.25) is 0 Å². The Balaban J connectivity index is 0.000000220. The van der Waals surface area contributed by atoms with E-state index in [9.17, 15) is 17.8 Å². The molecule has 124 valence electrons. The lowest BCUT2D eigenvalue weighted by atomic mass is 10.1. The van der Waals surface area contributed by atoms with Crippen LogP contribution < -0.4 is 4.90 Å². The van der Waals surface area contributed by atoms with E-state index in [1.165, 1.54) is 43.0 Å². The van der Waals surface area contributed by atoms with E-state index < -0.39 is 10.1 Å². The van der Waals surface area contributed by atoms with E-state index in [0.717, 1.165) is 24.9 Å². The Morgan fingerprint density at radius 2 is 1.86 bits per heavy atom. The number of nitrogens with one attached hydrogen (secondary N) is 1. The number of hydrogen-bond donors (Lipinski definition) is 1. The first-order chi connectivity index (χ1) is 10.3. The molecule has 1 unspecified atom stereocenters. The molecule has 2 rings (SSSR count). The van der Waals surface area contributed by atoms with Crippen molar-refractivity contribution in [2.75, 3.05) is 19.6 Å². The summed E-state index contributed by atoms with van der Waals surface area (Å²) in [6.07, 6.45) is 4.45. The van der Waals surface area contributed by atoms with Crippen molar-refractivity contribution in [2.24, 2.45) is 0 Å². The summed E-state index contributed by atoms with van der Waals surface area (Å²) >= 11 is 0. The fourth-order valence-corrected chi connectivity index (χ4v) is 2.81. The van der Waals surface area contributed by atoms with E-state index in [1.54, 1.807) is 12.1 Å². The second-order valence-corrected chi connectivity index (χ2v) is 7.07. The Morgan fingerprint density at radius 1 is 1.23 bits per heavy atom. The summed E-state index contributed by atoms with van der Waals surface area (Å²) in [4.78, 5) is 12.3. The van der Waals surface area contributed by atoms with E-state index in [4.69, 9.17) is 0 Å². The minimum absolute atomic E-state index is 0.178. The SMILES string of the molecule is CCCC[NH+]1CCCC(=O)C1.Cc1ccc(S(=O)(=O)[O-])cc1. The van der Waals surface area contributed by atoms with Gasteiger partial charge in [0.05, 0.1) is 18.0 Å². The van der Waals surface area contributed by atoms with Crippen LogP contribution in [0.25, 0.3) is 0 Å². The van der Waals surface area contributed by atoms with Crippen molar-refractivity contribution in [3.63, 3.8) is 0 Å². The van der Waals surface area contributed by atoms with Gasteiger partial charge in [-0.25, -0.2) is 8.42 Å². The van der Waals surface area contributed by atoms with Crippen LogP contribution in [-0.2, 0) is 14.9 Å². The predicted molar refractivity (Wildman–Crippen MR) is 83.9 cm³/mol. The third-order valence-electron chi connectivity index (χ3n) is 3.63. The maximum atomic E-state index is 11.0. The molecule has 1 heterocycles. The highest BCUT2D eigenvalue weighted by atomic mass is 32.2. The Hall–Kier alpha value is -1.24. The van der Waals surface area contributed by atoms with E-state index in [0.29, 0.717) is 5.78 Å². The average molecular weight is 327 g/mol. The molecular weight excluding hydrogens is 302 g/mol. The summed E-state index contributed by atoms with van der Waals surface area (Å²) in [5, 5.41) is 0. The molecule has 1 aromatic rings. The number of piperidine rings is 1. The molecule has 1 fully saturated rings. The highest BCUT2D eigenvalue weighted by Crippen LogP contribution is 2.08. The Bertz CT molecular complexity index is 566. The van der Waals surface area contributed by atoms with Crippen molar-refractivity contribution < 1.29 is 22.7 Å². The fraction of sp³-hybridized carbons (Fsp3) is 0.562. The van der Waals surface area contributed by atoms with Gasteiger partial charge < -0.3 is 9.45 Å². The van der Waals surface area contributed by atoms with Crippen LogP contribution in [0.4, 0.5) is 0 Å². The average Bonchev–Trinajstić information content (AvgIpc) is 2.45. The van der Waals surface area contributed by atoms with Crippen LogP contribution >= 0.6 is 0 Å². The van der Waals surface area contributed by atoms with Crippen LogP contribution in [0.3, 0.4) is 0 Å². The van der Waals surface area contributed by atoms with Crippen molar-refractivity contribution in [3.8, 4) is 0 Å². The maximum Gasteiger partial charge on any atom is 0.187 e. The van der Waals surface area contributed by atoms with Gasteiger partial charge >= 0.3 is 0 Å². The number of benzene rings is 1. The second kappa shape index (κ2) is 9.02. The van der Waals surface area contributed by atoms with Gasteiger partial charge in [-0.2, -0.15) is 0 Å². The molecule has 1 aliphatic heterocycles. The Kier molecular flexibility index (Phi) is 7.72. The normalized spacial score (nSPS) is 18.5. The molecule has 1 saturated heterocycles. The lowest BCUT2D eigenvalue weighted by Gasteiger charge is -2.22. The number of carbonyl (C=O) groups excluding carboxylic acids is 1. The van der Waals surface area contributed by atoms with Gasteiger partial charge in [0, 0.05) is 12.8 Å². The summed E-state index contributed by atoms with van der Waals surface area (Å²) < 4.78 is 31.2. The number of ketones is 1. The van der Waals surface area contributed by atoms with Gasteiger partial charge in [-0.05, 0) is 25.5 Å². The Morgan fingerprint density at radius 3 is 2.36 bits per heavy atom. The molecule has 0 spiro atoms. The van der Waals surface area contributed by atoms with E-state index in [-0.39, 0.29) is 4.90 Å². The number of hydrogen-bond acceptors (Lipinski definition) is 4. The third-order valence-corrected chi connectivity index (χ3v) is 4.48. The van der Waals surface area contributed by atoms with Gasteiger partial charge in [0.25, 0.3) is 0 Å². The number of unbranched alkanes of at least 4 members (excludes halogenated alkanes) is 1. The second-order valence-electron chi connectivity index (χ2n) is 5.69. The lowest BCUT2D eigenvalue weighted by molar-refractivity contribution is -0.894. The van der Waals surface area contributed by atoms with Crippen molar-refractivity contribution in [2.45, 2.75) is 44.4 Å². The predicted octanol–water partition coefficient (Wildman–Crippen LogP) is 0.933. The topological polar surface area (TPSA) is 78.7 Å². The molecule has 0 saturated carbocycles. The molecule has 0 aromatic heterocycles. The van der Waals surface area contributed by atoms with Gasteiger partial charge in [0.15, 0.2) is 5.78 Å². The van der Waals surface area contributed by atoms with Crippen molar-refractivity contribution in [3.05, 3.63) is 29.8 Å². The molecule has 1 aromatic carbocycles. The van der Waals surface area contributed by atoms with E-state index >= 15 is 0 Å². The summed E-state index contributed by atoms with van der Waals surface area (Å²) in [7, 11) is -4.27. The number of aryl methyl sites for hydroxylation is 1. The molecule has 0 bridgehead atoms. The first kappa shape index (κ1) is 18.8. The van der Waals surface area contributed by atoms with Gasteiger partial charge in [-0.15, -0.1) is 0 Å². The molecule has 22 heavy (non-hydrogen) atoms. The monoisotopic (exact) mass is 327 g/mol. The quantitative estimate of drug-likeness (QED) is 0.835. The van der Waals surface area contributed by atoms with E-state index in [2.05, 4.69) is 6.92 Å². The van der Waals surface area contributed by atoms with Crippen LogP contribution in [0.5, 0.6) is 0 Å². The number of carbonyl (C=O) groups is 1. The number of rotatable bonds is 4. The number of Topliss-reactive ketones (excluding diaryl/α,β-unsaturated/α-hetero) is 1.